The molecule has 0 aliphatic carbocycles. The Morgan fingerprint density at radius 3 is 2.38 bits per heavy atom. The number of methoxy groups -OCH3 is 1. The van der Waals surface area contributed by atoms with Gasteiger partial charge in [-0.05, 0) is 18.9 Å². The van der Waals surface area contributed by atoms with E-state index in [1.54, 1.807) is 19.1 Å². The molecule has 0 aliphatic rings. The minimum atomic E-state index is -0.758. The summed E-state index contributed by atoms with van der Waals surface area (Å²) in [5.41, 5.74) is 6.04. The first-order valence-electron chi connectivity index (χ1n) is 7.10. The summed E-state index contributed by atoms with van der Waals surface area (Å²) in [6.07, 6.45) is 1.21. The van der Waals surface area contributed by atoms with Gasteiger partial charge in [-0.1, -0.05) is 44.3 Å². The summed E-state index contributed by atoms with van der Waals surface area (Å²) < 4.78 is 5.32. The minimum absolute atomic E-state index is 0.0362. The Labute approximate surface area is 132 Å². The van der Waals surface area contributed by atoms with E-state index in [9.17, 15) is 4.79 Å². The van der Waals surface area contributed by atoms with E-state index in [0.29, 0.717) is 19.4 Å². The van der Waals surface area contributed by atoms with E-state index in [1.165, 1.54) is 0 Å². The first-order valence-corrected chi connectivity index (χ1v) is 7.51. The number of hydrogen-bond acceptors (Lipinski definition) is 3. The first-order chi connectivity index (χ1) is 9.92. The highest BCUT2D eigenvalue weighted by atomic mass is 32.1. The predicted molar refractivity (Wildman–Crippen MR) is 89.3 cm³/mol. The Balaban J connectivity index is 2.99. The molecule has 0 bridgehead atoms. The van der Waals surface area contributed by atoms with Crippen LogP contribution in [0, 0.1) is 5.41 Å². The van der Waals surface area contributed by atoms with Crippen LogP contribution in [-0.2, 0) is 11.3 Å². The average Bonchev–Trinajstić information content (AvgIpc) is 2.49. The summed E-state index contributed by atoms with van der Waals surface area (Å²) in [6.45, 7) is 4.35. The number of hydrogen-bond donors (Lipinski definition) is 1. The fourth-order valence-corrected chi connectivity index (χ4v) is 2.91. The topological polar surface area (TPSA) is 55.6 Å². The molecule has 0 saturated carbocycles. The average molecular weight is 308 g/mol. The largest absolute Gasteiger partial charge is 0.496 e. The van der Waals surface area contributed by atoms with E-state index in [0.717, 1.165) is 11.3 Å². The van der Waals surface area contributed by atoms with Gasteiger partial charge >= 0.3 is 0 Å². The first kappa shape index (κ1) is 17.4. The van der Waals surface area contributed by atoms with E-state index >= 15 is 0 Å². The number of carbonyl (C=O) groups excluding carboxylic acids is 1. The lowest BCUT2D eigenvalue weighted by molar-refractivity contribution is -0.137. The number of para-hydroxylation sites is 1. The summed E-state index contributed by atoms with van der Waals surface area (Å²) in [5, 5.41) is 0. The van der Waals surface area contributed by atoms with Crippen molar-refractivity contribution in [2.24, 2.45) is 11.1 Å². The molecule has 0 atom stereocenters. The number of carbonyl (C=O) groups is 1. The molecule has 1 aromatic carbocycles. The van der Waals surface area contributed by atoms with Crippen molar-refractivity contribution in [2.75, 3.05) is 14.2 Å². The van der Waals surface area contributed by atoms with Gasteiger partial charge in [0.25, 0.3) is 0 Å². The second-order valence-electron chi connectivity index (χ2n) is 5.13. The molecule has 116 valence electrons. The van der Waals surface area contributed by atoms with Crippen molar-refractivity contribution in [2.45, 2.75) is 33.2 Å². The molecule has 0 spiro atoms. The van der Waals surface area contributed by atoms with E-state index in [1.807, 2.05) is 38.1 Å². The van der Waals surface area contributed by atoms with E-state index in [2.05, 4.69) is 0 Å². The van der Waals surface area contributed by atoms with Crippen LogP contribution in [0.1, 0.15) is 32.3 Å². The van der Waals surface area contributed by atoms with Crippen LogP contribution in [0.5, 0.6) is 5.75 Å². The highest BCUT2D eigenvalue weighted by Crippen LogP contribution is 2.30. The zero-order valence-corrected chi connectivity index (χ0v) is 14.0. The van der Waals surface area contributed by atoms with Crippen LogP contribution in [0.15, 0.2) is 24.3 Å². The molecule has 0 radical (unpaired) electrons. The molecule has 0 heterocycles. The maximum Gasteiger partial charge on any atom is 0.235 e. The summed E-state index contributed by atoms with van der Waals surface area (Å²) >= 11 is 5.14. The normalized spacial score (nSPS) is 11.0. The monoisotopic (exact) mass is 308 g/mol. The molecule has 4 nitrogen and oxygen atoms in total. The molecule has 0 aromatic heterocycles. The van der Waals surface area contributed by atoms with Gasteiger partial charge in [0.2, 0.25) is 5.91 Å². The molecule has 21 heavy (non-hydrogen) atoms. The van der Waals surface area contributed by atoms with Crippen LogP contribution < -0.4 is 10.5 Å². The fourth-order valence-electron chi connectivity index (χ4n) is 2.53. The summed E-state index contributed by atoms with van der Waals surface area (Å²) in [7, 11) is 3.39. The van der Waals surface area contributed by atoms with E-state index < -0.39 is 5.41 Å². The van der Waals surface area contributed by atoms with Crippen molar-refractivity contribution < 1.29 is 9.53 Å². The molecular formula is C16H24N2O2S. The maximum absolute atomic E-state index is 12.8. The van der Waals surface area contributed by atoms with Gasteiger partial charge in [-0.15, -0.1) is 0 Å². The highest BCUT2D eigenvalue weighted by molar-refractivity contribution is 7.80. The van der Waals surface area contributed by atoms with Gasteiger partial charge in [-0.25, -0.2) is 0 Å². The smallest absolute Gasteiger partial charge is 0.235 e. The number of nitrogens with two attached hydrogens (primary N) is 1. The molecule has 0 aliphatic heterocycles. The third-order valence-electron chi connectivity index (χ3n) is 4.03. The fraction of sp³-hybridized carbons (Fsp3) is 0.500. The lowest BCUT2D eigenvalue weighted by atomic mass is 9.80. The standard InChI is InChI=1S/C16H24N2O2S/c1-5-16(6-2,14(17)21)15(19)18(3)11-12-9-7-8-10-13(12)20-4/h7-10H,5-6,11H2,1-4H3,(H2,17,21). The van der Waals surface area contributed by atoms with Crippen LogP contribution in [0.2, 0.25) is 0 Å². The summed E-state index contributed by atoms with van der Waals surface area (Å²) in [4.78, 5) is 14.7. The number of rotatable bonds is 7. The zero-order valence-electron chi connectivity index (χ0n) is 13.2. The SMILES string of the molecule is CCC(CC)(C(=O)N(C)Cc1ccccc1OC)C(N)=S. The molecule has 0 unspecified atom stereocenters. The second-order valence-corrected chi connectivity index (χ2v) is 5.57. The molecule has 2 N–H and O–H groups in total. The third-order valence-corrected chi connectivity index (χ3v) is 4.43. The van der Waals surface area contributed by atoms with Crippen molar-refractivity contribution in [3.8, 4) is 5.75 Å². The molecule has 5 heteroatoms. The third kappa shape index (κ3) is 3.53. The van der Waals surface area contributed by atoms with Crippen molar-refractivity contribution in [1.29, 1.82) is 0 Å². The van der Waals surface area contributed by atoms with Gasteiger partial charge in [0.1, 0.15) is 5.75 Å². The Kier molecular flexibility index (Phi) is 6.15. The molecule has 1 amide bonds. The van der Waals surface area contributed by atoms with Crippen molar-refractivity contribution in [3.05, 3.63) is 29.8 Å². The van der Waals surface area contributed by atoms with Gasteiger partial charge in [0, 0.05) is 19.2 Å². The van der Waals surface area contributed by atoms with E-state index in [-0.39, 0.29) is 10.9 Å². The van der Waals surface area contributed by atoms with Crippen molar-refractivity contribution >= 4 is 23.1 Å². The highest BCUT2D eigenvalue weighted by Gasteiger charge is 2.40. The van der Waals surface area contributed by atoms with Crippen molar-refractivity contribution in [3.63, 3.8) is 0 Å². The quantitative estimate of drug-likeness (QED) is 0.787. The molecule has 0 fully saturated rings. The number of ether oxygens (including phenoxy) is 1. The predicted octanol–water partition coefficient (Wildman–Crippen LogP) is 2.75. The number of nitrogens with zero attached hydrogens (tertiary/aromatic N) is 1. The number of amides is 1. The molecule has 1 rings (SSSR count). The summed E-state index contributed by atoms with van der Waals surface area (Å²) in [5.74, 6) is 0.733. The van der Waals surface area contributed by atoms with Gasteiger partial charge in [-0.2, -0.15) is 0 Å². The van der Waals surface area contributed by atoms with Crippen LogP contribution >= 0.6 is 12.2 Å². The second kappa shape index (κ2) is 7.41. The Morgan fingerprint density at radius 2 is 1.90 bits per heavy atom. The van der Waals surface area contributed by atoms with Crippen LogP contribution in [0.3, 0.4) is 0 Å². The Bertz CT molecular complexity index is 513. The Hall–Kier alpha value is -1.62. The molecule has 0 saturated heterocycles. The summed E-state index contributed by atoms with van der Waals surface area (Å²) in [6, 6.07) is 7.66. The number of benzene rings is 1. The Morgan fingerprint density at radius 1 is 1.33 bits per heavy atom. The van der Waals surface area contributed by atoms with Crippen molar-refractivity contribution in [1.82, 2.24) is 4.90 Å². The van der Waals surface area contributed by atoms with E-state index in [4.69, 9.17) is 22.7 Å². The van der Waals surface area contributed by atoms with Gasteiger partial charge in [-0.3, -0.25) is 4.79 Å². The van der Waals surface area contributed by atoms with Gasteiger partial charge in [0.05, 0.1) is 17.5 Å². The van der Waals surface area contributed by atoms with Gasteiger partial charge in [0.15, 0.2) is 0 Å². The number of thiocarbonyl (C=S) groups is 1. The lowest BCUT2D eigenvalue weighted by Gasteiger charge is -2.33. The molecule has 1 aromatic rings. The lowest BCUT2D eigenvalue weighted by Crippen LogP contribution is -2.48. The zero-order chi connectivity index (χ0) is 16.0. The van der Waals surface area contributed by atoms with Crippen LogP contribution in [0.25, 0.3) is 0 Å². The molecular weight excluding hydrogens is 284 g/mol. The van der Waals surface area contributed by atoms with Gasteiger partial charge < -0.3 is 15.4 Å². The minimum Gasteiger partial charge on any atom is -0.496 e. The van der Waals surface area contributed by atoms with Crippen LogP contribution in [0.4, 0.5) is 0 Å². The maximum atomic E-state index is 12.8. The van der Waals surface area contributed by atoms with Crippen LogP contribution in [-0.4, -0.2) is 30.0 Å².